The van der Waals surface area contributed by atoms with E-state index >= 15 is 0 Å². The van der Waals surface area contributed by atoms with Gasteiger partial charge in [0.15, 0.2) is 0 Å². The van der Waals surface area contributed by atoms with Crippen LogP contribution in [0.15, 0.2) is 0 Å². The third kappa shape index (κ3) is 3.62. The summed E-state index contributed by atoms with van der Waals surface area (Å²) in [7, 11) is 0. The summed E-state index contributed by atoms with van der Waals surface area (Å²) >= 11 is 0. The number of likely N-dealkylation sites (tertiary alicyclic amines) is 1. The molecule has 2 aliphatic rings. The van der Waals surface area contributed by atoms with Crippen LogP contribution in [0.25, 0.3) is 0 Å². The van der Waals surface area contributed by atoms with E-state index in [0.717, 1.165) is 25.9 Å². The first-order valence-electron chi connectivity index (χ1n) is 7.70. The molecular weight excluding hydrogens is 240 g/mol. The molecule has 1 heterocycles. The third-order valence-electron chi connectivity index (χ3n) is 4.72. The van der Waals surface area contributed by atoms with Crippen LogP contribution in [0, 0.1) is 5.41 Å². The van der Waals surface area contributed by atoms with Crippen molar-refractivity contribution in [1.82, 2.24) is 10.2 Å². The molecule has 1 unspecified atom stereocenters. The predicted molar refractivity (Wildman–Crippen MR) is 76.2 cm³/mol. The average Bonchev–Trinajstić information content (AvgIpc) is 2.70. The van der Waals surface area contributed by atoms with Crippen molar-refractivity contribution >= 4 is 6.09 Å². The number of amides is 1. The molecule has 1 saturated heterocycles. The first-order chi connectivity index (χ1) is 9.03. The maximum Gasteiger partial charge on any atom is 0.409 e. The van der Waals surface area contributed by atoms with Crippen molar-refractivity contribution < 1.29 is 9.53 Å². The van der Waals surface area contributed by atoms with Crippen LogP contribution >= 0.6 is 0 Å². The van der Waals surface area contributed by atoms with E-state index in [1.807, 2.05) is 11.8 Å². The molecule has 2 rings (SSSR count). The van der Waals surface area contributed by atoms with Gasteiger partial charge in [0.25, 0.3) is 0 Å². The fourth-order valence-electron chi connectivity index (χ4n) is 3.36. The van der Waals surface area contributed by atoms with E-state index in [4.69, 9.17) is 4.74 Å². The molecule has 2 fully saturated rings. The summed E-state index contributed by atoms with van der Waals surface area (Å²) in [5, 5.41) is 3.82. The summed E-state index contributed by atoms with van der Waals surface area (Å²) < 4.78 is 5.05. The van der Waals surface area contributed by atoms with Crippen LogP contribution in [0.1, 0.15) is 52.9 Å². The lowest BCUT2D eigenvalue weighted by molar-refractivity contribution is 0.0924. The zero-order valence-corrected chi connectivity index (χ0v) is 12.6. The second-order valence-electron chi connectivity index (χ2n) is 6.56. The molecule has 1 atom stereocenters. The average molecular weight is 268 g/mol. The van der Waals surface area contributed by atoms with Gasteiger partial charge in [-0.25, -0.2) is 4.79 Å². The number of nitrogens with zero attached hydrogens (tertiary/aromatic N) is 1. The van der Waals surface area contributed by atoms with Crippen molar-refractivity contribution in [2.45, 2.75) is 65.0 Å². The van der Waals surface area contributed by atoms with E-state index in [0.29, 0.717) is 24.1 Å². The molecule has 110 valence electrons. The van der Waals surface area contributed by atoms with Crippen LogP contribution in [-0.2, 0) is 4.74 Å². The van der Waals surface area contributed by atoms with E-state index in [9.17, 15) is 4.79 Å². The Hall–Kier alpha value is -0.770. The molecule has 4 heteroatoms. The Morgan fingerprint density at radius 1 is 1.32 bits per heavy atom. The molecule has 4 nitrogen and oxygen atoms in total. The van der Waals surface area contributed by atoms with E-state index in [1.54, 1.807) is 0 Å². The number of ether oxygens (including phenoxy) is 1. The molecule has 19 heavy (non-hydrogen) atoms. The van der Waals surface area contributed by atoms with Crippen molar-refractivity contribution in [2.24, 2.45) is 5.41 Å². The minimum absolute atomic E-state index is 0.151. The standard InChI is InChI=1S/C15H28N2O2/c1-4-19-14(18)17-10-7-12(8-11-17)16-13-6-5-9-15(13,2)3/h12-13,16H,4-11H2,1-3H3. The lowest BCUT2D eigenvalue weighted by atomic mass is 9.86. The molecule has 0 radical (unpaired) electrons. The summed E-state index contributed by atoms with van der Waals surface area (Å²) in [5.74, 6) is 0. The van der Waals surface area contributed by atoms with Gasteiger partial charge in [0, 0.05) is 25.2 Å². The Balaban J connectivity index is 1.76. The van der Waals surface area contributed by atoms with Crippen molar-refractivity contribution in [1.29, 1.82) is 0 Å². The van der Waals surface area contributed by atoms with Crippen LogP contribution < -0.4 is 5.32 Å². The summed E-state index contributed by atoms with van der Waals surface area (Å²) in [6.07, 6.45) is 5.91. The highest BCUT2D eigenvalue weighted by atomic mass is 16.6. The van der Waals surface area contributed by atoms with E-state index < -0.39 is 0 Å². The highest BCUT2D eigenvalue weighted by Crippen LogP contribution is 2.37. The molecule has 1 saturated carbocycles. The van der Waals surface area contributed by atoms with Crippen LogP contribution in [0.3, 0.4) is 0 Å². The summed E-state index contributed by atoms with van der Waals surface area (Å²) in [5.41, 5.74) is 0.429. The first kappa shape index (κ1) is 14.6. The fourth-order valence-corrected chi connectivity index (χ4v) is 3.36. The van der Waals surface area contributed by atoms with E-state index in [2.05, 4.69) is 19.2 Å². The van der Waals surface area contributed by atoms with E-state index in [-0.39, 0.29) is 6.09 Å². The molecule has 1 N–H and O–H groups in total. The molecule has 1 amide bonds. The second kappa shape index (κ2) is 6.12. The van der Waals surface area contributed by atoms with Crippen molar-refractivity contribution in [3.05, 3.63) is 0 Å². The largest absolute Gasteiger partial charge is 0.450 e. The van der Waals surface area contributed by atoms with Gasteiger partial charge in [-0.15, -0.1) is 0 Å². The number of piperidine rings is 1. The molecule has 0 bridgehead atoms. The molecule has 0 spiro atoms. The summed E-state index contributed by atoms with van der Waals surface area (Å²) in [4.78, 5) is 13.5. The maximum absolute atomic E-state index is 11.6. The predicted octanol–water partition coefficient (Wildman–Crippen LogP) is 2.78. The zero-order chi connectivity index (χ0) is 13.9. The molecule has 0 aromatic heterocycles. The van der Waals surface area contributed by atoms with Gasteiger partial charge >= 0.3 is 6.09 Å². The maximum atomic E-state index is 11.6. The van der Waals surface area contributed by atoms with E-state index in [1.165, 1.54) is 19.3 Å². The Morgan fingerprint density at radius 3 is 2.53 bits per heavy atom. The van der Waals surface area contributed by atoms with Crippen molar-refractivity contribution in [2.75, 3.05) is 19.7 Å². The summed E-state index contributed by atoms with van der Waals surface area (Å²) in [6.45, 7) is 8.70. The van der Waals surface area contributed by atoms with Gasteiger partial charge in [-0.2, -0.15) is 0 Å². The number of rotatable bonds is 3. The number of nitrogens with one attached hydrogen (secondary N) is 1. The first-order valence-corrected chi connectivity index (χ1v) is 7.70. The minimum Gasteiger partial charge on any atom is -0.450 e. The summed E-state index contributed by atoms with van der Waals surface area (Å²) in [6, 6.07) is 1.21. The van der Waals surface area contributed by atoms with Gasteiger partial charge in [0.1, 0.15) is 0 Å². The van der Waals surface area contributed by atoms with Gasteiger partial charge in [-0.05, 0) is 38.0 Å². The number of carbonyl (C=O) groups is 1. The van der Waals surface area contributed by atoms with Crippen molar-refractivity contribution in [3.63, 3.8) is 0 Å². The lowest BCUT2D eigenvalue weighted by Crippen LogP contribution is -2.50. The fraction of sp³-hybridized carbons (Fsp3) is 0.933. The van der Waals surface area contributed by atoms with Gasteiger partial charge < -0.3 is 15.0 Å². The van der Waals surface area contributed by atoms with Gasteiger partial charge in [-0.3, -0.25) is 0 Å². The molecule has 0 aromatic carbocycles. The topological polar surface area (TPSA) is 41.6 Å². The third-order valence-corrected chi connectivity index (χ3v) is 4.72. The van der Waals surface area contributed by atoms with Crippen LogP contribution in [0.5, 0.6) is 0 Å². The second-order valence-corrected chi connectivity index (χ2v) is 6.56. The smallest absolute Gasteiger partial charge is 0.409 e. The van der Waals surface area contributed by atoms with Crippen LogP contribution in [0.4, 0.5) is 4.79 Å². The number of hydrogen-bond acceptors (Lipinski definition) is 3. The van der Waals surface area contributed by atoms with Crippen LogP contribution in [0.2, 0.25) is 0 Å². The quantitative estimate of drug-likeness (QED) is 0.855. The SMILES string of the molecule is CCOC(=O)N1CCC(NC2CCCC2(C)C)CC1. The highest BCUT2D eigenvalue weighted by Gasteiger charge is 2.36. The molecule has 0 aromatic rings. The Labute approximate surface area is 116 Å². The minimum atomic E-state index is -0.151. The van der Waals surface area contributed by atoms with Gasteiger partial charge in [0.2, 0.25) is 0 Å². The lowest BCUT2D eigenvalue weighted by Gasteiger charge is -2.36. The van der Waals surface area contributed by atoms with Gasteiger partial charge in [-0.1, -0.05) is 20.3 Å². The Kier molecular flexibility index (Phi) is 4.71. The van der Waals surface area contributed by atoms with Gasteiger partial charge in [0.05, 0.1) is 6.61 Å². The Morgan fingerprint density at radius 2 is 2.00 bits per heavy atom. The Bertz CT molecular complexity index is 309. The molecule has 1 aliphatic heterocycles. The molecular formula is C15H28N2O2. The highest BCUT2D eigenvalue weighted by molar-refractivity contribution is 5.67. The van der Waals surface area contributed by atoms with Crippen molar-refractivity contribution in [3.8, 4) is 0 Å². The zero-order valence-electron chi connectivity index (χ0n) is 12.6. The van der Waals surface area contributed by atoms with Crippen LogP contribution in [-0.4, -0.2) is 42.8 Å². The molecule has 1 aliphatic carbocycles. The number of carbonyl (C=O) groups excluding carboxylic acids is 1. The number of hydrogen-bond donors (Lipinski definition) is 1. The monoisotopic (exact) mass is 268 g/mol. The normalized spacial score (nSPS) is 27.5.